The maximum absolute atomic E-state index is 11.6. The molecule has 1 aliphatic carbocycles. The zero-order valence-electron chi connectivity index (χ0n) is 10.8. The minimum absolute atomic E-state index is 0.263. The largest absolute Gasteiger partial charge is 0.480 e. The molecule has 0 aromatic rings. The lowest BCUT2D eigenvalue weighted by molar-refractivity contribution is -0.162. The number of carboxylic acid groups (broad SMARTS) is 1. The molecule has 4 heteroatoms. The Morgan fingerprint density at radius 1 is 1.53 bits per heavy atom. The molecule has 0 aromatic heterocycles. The Morgan fingerprint density at radius 2 is 2.29 bits per heavy atom. The zero-order chi connectivity index (χ0) is 12.5. The molecule has 0 amide bonds. The van der Waals surface area contributed by atoms with Crippen LogP contribution in [0.25, 0.3) is 0 Å². The molecule has 1 heterocycles. The summed E-state index contributed by atoms with van der Waals surface area (Å²) in [5.74, 6) is -0.688. The lowest BCUT2D eigenvalue weighted by atomic mass is 9.90. The normalized spacial score (nSPS) is 33.1. The second-order valence-electron chi connectivity index (χ2n) is 5.43. The molecule has 1 aliphatic heterocycles. The lowest BCUT2D eigenvalue weighted by Crippen LogP contribution is -2.62. The van der Waals surface area contributed by atoms with Crippen molar-refractivity contribution >= 4 is 5.97 Å². The number of rotatable bonds is 4. The van der Waals surface area contributed by atoms with Gasteiger partial charge in [0, 0.05) is 12.6 Å². The molecular weight excluding hydrogens is 218 g/mol. The van der Waals surface area contributed by atoms with E-state index in [1.54, 1.807) is 0 Å². The Balaban J connectivity index is 2.20. The zero-order valence-corrected chi connectivity index (χ0v) is 10.8. The van der Waals surface area contributed by atoms with Crippen LogP contribution in [0.3, 0.4) is 0 Å². The predicted molar refractivity (Wildman–Crippen MR) is 65.0 cm³/mol. The standard InChI is InChI=1S/C13H23NO3/c1-3-7-13(2,12(15)16)14-8-9-17-11-6-4-5-10(11)14/h10-11H,3-9H2,1-2H3,(H,15,16). The van der Waals surface area contributed by atoms with E-state index >= 15 is 0 Å². The Labute approximate surface area is 103 Å². The highest BCUT2D eigenvalue weighted by molar-refractivity contribution is 5.78. The quantitative estimate of drug-likeness (QED) is 0.816. The number of fused-ring (bicyclic) bond motifs is 1. The summed E-state index contributed by atoms with van der Waals surface area (Å²) >= 11 is 0. The van der Waals surface area contributed by atoms with Crippen LogP contribution < -0.4 is 0 Å². The first-order valence-electron chi connectivity index (χ1n) is 6.71. The molecule has 1 N–H and O–H groups in total. The van der Waals surface area contributed by atoms with Gasteiger partial charge in [0.25, 0.3) is 0 Å². The first kappa shape index (κ1) is 12.8. The van der Waals surface area contributed by atoms with Crippen LogP contribution in [0.15, 0.2) is 0 Å². The van der Waals surface area contributed by atoms with Gasteiger partial charge >= 0.3 is 5.97 Å². The average Bonchev–Trinajstić information content (AvgIpc) is 2.76. The van der Waals surface area contributed by atoms with Crippen LogP contribution in [0.1, 0.15) is 46.0 Å². The maximum atomic E-state index is 11.6. The van der Waals surface area contributed by atoms with Gasteiger partial charge < -0.3 is 9.84 Å². The van der Waals surface area contributed by atoms with E-state index in [-0.39, 0.29) is 6.10 Å². The smallest absolute Gasteiger partial charge is 0.323 e. The molecule has 4 nitrogen and oxygen atoms in total. The number of hydrogen-bond acceptors (Lipinski definition) is 3. The van der Waals surface area contributed by atoms with E-state index in [4.69, 9.17) is 4.74 Å². The fraction of sp³-hybridized carbons (Fsp3) is 0.923. The van der Waals surface area contributed by atoms with Crippen molar-refractivity contribution in [1.29, 1.82) is 0 Å². The molecule has 98 valence electrons. The molecule has 1 saturated heterocycles. The van der Waals surface area contributed by atoms with Crippen LogP contribution in [0.5, 0.6) is 0 Å². The number of carboxylic acids is 1. The molecule has 0 aromatic carbocycles. The Bertz CT molecular complexity index is 294. The SMILES string of the molecule is CCCC(C)(C(=O)O)N1CCOC2CCCC21. The summed E-state index contributed by atoms with van der Waals surface area (Å²) in [5, 5.41) is 9.55. The number of hydrogen-bond donors (Lipinski definition) is 1. The van der Waals surface area contributed by atoms with E-state index in [0.29, 0.717) is 19.1 Å². The third-order valence-corrected chi connectivity index (χ3v) is 4.31. The molecular formula is C13H23NO3. The first-order chi connectivity index (χ1) is 8.09. The highest BCUT2D eigenvalue weighted by atomic mass is 16.5. The average molecular weight is 241 g/mol. The maximum Gasteiger partial charge on any atom is 0.323 e. The van der Waals surface area contributed by atoms with Crippen molar-refractivity contribution in [3.05, 3.63) is 0 Å². The molecule has 3 atom stereocenters. The molecule has 3 unspecified atom stereocenters. The number of nitrogens with zero attached hydrogens (tertiary/aromatic N) is 1. The second-order valence-corrected chi connectivity index (χ2v) is 5.43. The lowest BCUT2D eigenvalue weighted by Gasteiger charge is -2.46. The van der Waals surface area contributed by atoms with Crippen molar-refractivity contribution in [3.8, 4) is 0 Å². The van der Waals surface area contributed by atoms with Crippen LogP contribution in [0.2, 0.25) is 0 Å². The van der Waals surface area contributed by atoms with Gasteiger partial charge in [0.15, 0.2) is 0 Å². The summed E-state index contributed by atoms with van der Waals surface area (Å²) in [6, 6.07) is 0.316. The van der Waals surface area contributed by atoms with Crippen LogP contribution in [0, 0.1) is 0 Å². The van der Waals surface area contributed by atoms with E-state index in [1.165, 1.54) is 0 Å². The van der Waals surface area contributed by atoms with Gasteiger partial charge in [0.05, 0.1) is 12.7 Å². The van der Waals surface area contributed by atoms with Gasteiger partial charge in [-0.25, -0.2) is 0 Å². The van der Waals surface area contributed by atoms with Crippen molar-refractivity contribution in [1.82, 2.24) is 4.90 Å². The van der Waals surface area contributed by atoms with Gasteiger partial charge in [-0.05, 0) is 32.6 Å². The van der Waals surface area contributed by atoms with Crippen LogP contribution in [0.4, 0.5) is 0 Å². The minimum atomic E-state index is -0.716. The van der Waals surface area contributed by atoms with Gasteiger partial charge in [-0.1, -0.05) is 13.3 Å². The third kappa shape index (κ3) is 2.20. The highest BCUT2D eigenvalue weighted by Gasteiger charge is 2.47. The second kappa shape index (κ2) is 4.94. The molecule has 0 spiro atoms. The minimum Gasteiger partial charge on any atom is -0.480 e. The molecule has 2 fully saturated rings. The first-order valence-corrected chi connectivity index (χ1v) is 6.71. The summed E-state index contributed by atoms with van der Waals surface area (Å²) in [7, 11) is 0. The van der Waals surface area contributed by atoms with Gasteiger partial charge in [-0.2, -0.15) is 0 Å². The van der Waals surface area contributed by atoms with Crippen molar-refractivity contribution in [2.45, 2.75) is 63.6 Å². The Hall–Kier alpha value is -0.610. The fourth-order valence-corrected chi connectivity index (χ4v) is 3.40. The predicted octanol–water partition coefficient (Wildman–Crippen LogP) is 1.88. The van der Waals surface area contributed by atoms with Crippen LogP contribution in [-0.4, -0.2) is 46.8 Å². The van der Waals surface area contributed by atoms with Gasteiger partial charge in [0.2, 0.25) is 0 Å². The van der Waals surface area contributed by atoms with Crippen molar-refractivity contribution in [3.63, 3.8) is 0 Å². The third-order valence-electron chi connectivity index (χ3n) is 4.31. The Kier molecular flexibility index (Phi) is 3.73. The van der Waals surface area contributed by atoms with Gasteiger partial charge in [-0.3, -0.25) is 9.69 Å². The summed E-state index contributed by atoms with van der Waals surface area (Å²) < 4.78 is 5.75. The van der Waals surface area contributed by atoms with E-state index in [0.717, 1.165) is 32.2 Å². The van der Waals surface area contributed by atoms with Gasteiger partial charge in [-0.15, -0.1) is 0 Å². The van der Waals surface area contributed by atoms with Crippen LogP contribution in [-0.2, 0) is 9.53 Å². The summed E-state index contributed by atoms with van der Waals surface area (Å²) in [6.45, 7) is 5.35. The van der Waals surface area contributed by atoms with E-state index < -0.39 is 11.5 Å². The molecule has 0 bridgehead atoms. The number of morpholine rings is 1. The van der Waals surface area contributed by atoms with Crippen LogP contribution >= 0.6 is 0 Å². The van der Waals surface area contributed by atoms with E-state index in [2.05, 4.69) is 4.90 Å². The van der Waals surface area contributed by atoms with Gasteiger partial charge in [0.1, 0.15) is 5.54 Å². The molecule has 1 saturated carbocycles. The van der Waals surface area contributed by atoms with Crippen molar-refractivity contribution in [2.24, 2.45) is 0 Å². The highest BCUT2D eigenvalue weighted by Crippen LogP contribution is 2.36. The number of aliphatic carboxylic acids is 1. The molecule has 0 radical (unpaired) electrons. The molecule has 2 aliphatic rings. The Morgan fingerprint density at radius 3 is 2.94 bits per heavy atom. The monoisotopic (exact) mass is 241 g/mol. The summed E-state index contributed by atoms with van der Waals surface area (Å²) in [4.78, 5) is 13.8. The van der Waals surface area contributed by atoms with Crippen molar-refractivity contribution in [2.75, 3.05) is 13.2 Å². The topological polar surface area (TPSA) is 49.8 Å². The number of ether oxygens (including phenoxy) is 1. The number of carbonyl (C=O) groups is 1. The fourth-order valence-electron chi connectivity index (χ4n) is 3.40. The summed E-state index contributed by atoms with van der Waals surface area (Å²) in [5.41, 5.74) is -0.716. The van der Waals surface area contributed by atoms with Crippen molar-refractivity contribution < 1.29 is 14.6 Å². The molecule has 2 rings (SSSR count). The van der Waals surface area contributed by atoms with E-state index in [9.17, 15) is 9.90 Å². The molecule has 17 heavy (non-hydrogen) atoms. The summed E-state index contributed by atoms with van der Waals surface area (Å²) in [6.07, 6.45) is 5.20. The van der Waals surface area contributed by atoms with E-state index in [1.807, 2.05) is 13.8 Å².